The molecule has 2 aromatic carbocycles. The first-order chi connectivity index (χ1) is 10.4. The summed E-state index contributed by atoms with van der Waals surface area (Å²) in [6, 6.07) is 16.8. The fraction of sp³-hybridized carbons (Fsp3) is 0.188. The number of rotatable bonds is 5. The Morgan fingerprint density at radius 3 is 2.27 bits per heavy atom. The van der Waals surface area contributed by atoms with E-state index in [0.29, 0.717) is 12.0 Å². The normalized spacial score (nSPS) is 12.7. The molecule has 0 fully saturated rings. The Morgan fingerprint density at radius 1 is 1.05 bits per heavy atom. The van der Waals surface area contributed by atoms with Gasteiger partial charge in [-0.1, -0.05) is 55.5 Å². The molecule has 0 saturated heterocycles. The third-order valence-electron chi connectivity index (χ3n) is 3.53. The average Bonchev–Trinajstić information content (AvgIpc) is 2.47. The Labute approximate surface area is 129 Å². The molecule has 1 amide bonds. The van der Waals surface area contributed by atoms with E-state index in [0.717, 1.165) is 11.1 Å². The van der Waals surface area contributed by atoms with E-state index in [9.17, 15) is 4.79 Å². The maximum atomic E-state index is 12.3. The van der Waals surface area contributed by atoms with Gasteiger partial charge in [0.25, 0.3) is 0 Å². The van der Waals surface area contributed by atoms with E-state index in [4.69, 9.17) is 15.1 Å². The maximum Gasteiger partial charge on any atom is 0.393 e. The molecule has 0 aliphatic rings. The fourth-order valence-electron chi connectivity index (χ4n) is 2.11. The lowest BCUT2D eigenvalue weighted by Gasteiger charge is -2.29. The second-order valence-electron chi connectivity index (χ2n) is 5.38. The number of amides is 1. The third kappa shape index (κ3) is 4.18. The van der Waals surface area contributed by atoms with Crippen LogP contribution in [0, 0.1) is 0 Å². The SMILES string of the molecule is C[C@@H](NC(=O)c1ccccc1Cc1ccccc1)[B-](O)(O)O. The van der Waals surface area contributed by atoms with Crippen LogP contribution >= 0.6 is 0 Å². The molecule has 5 nitrogen and oxygen atoms in total. The molecule has 0 aliphatic carbocycles. The Morgan fingerprint density at radius 2 is 1.64 bits per heavy atom. The number of carbonyl (C=O) groups is 1. The standard InChI is InChI=1S/C16H19BNO4/c1-12(17(20,21)22)18-16(19)15-10-6-5-9-14(15)11-13-7-3-2-4-8-13/h2-10,12,20-22H,11H2,1H3,(H,18,19)/q-1/t12-/m1/s1. The Bertz CT molecular complexity index is 640. The first kappa shape index (κ1) is 16.2. The predicted molar refractivity (Wildman–Crippen MR) is 85.0 cm³/mol. The molecule has 0 aromatic heterocycles. The Balaban J connectivity index is 2.19. The van der Waals surface area contributed by atoms with Crippen LogP contribution < -0.4 is 5.32 Å². The van der Waals surface area contributed by atoms with Crippen molar-refractivity contribution < 1.29 is 19.9 Å². The molecule has 22 heavy (non-hydrogen) atoms. The lowest BCUT2D eigenvalue weighted by atomic mass is 9.71. The number of benzene rings is 2. The molecule has 4 N–H and O–H groups in total. The first-order valence-electron chi connectivity index (χ1n) is 7.12. The fourth-order valence-corrected chi connectivity index (χ4v) is 2.11. The van der Waals surface area contributed by atoms with E-state index in [-0.39, 0.29) is 0 Å². The van der Waals surface area contributed by atoms with Crippen molar-refractivity contribution >= 4 is 12.7 Å². The average molecular weight is 300 g/mol. The summed E-state index contributed by atoms with van der Waals surface area (Å²) in [5.41, 5.74) is 2.34. The van der Waals surface area contributed by atoms with Gasteiger partial charge in [-0.15, -0.1) is 0 Å². The third-order valence-corrected chi connectivity index (χ3v) is 3.53. The highest BCUT2D eigenvalue weighted by Gasteiger charge is 2.26. The van der Waals surface area contributed by atoms with Crippen LogP contribution in [0.2, 0.25) is 0 Å². The highest BCUT2D eigenvalue weighted by molar-refractivity contribution is 6.58. The van der Waals surface area contributed by atoms with E-state index in [2.05, 4.69) is 5.32 Å². The quantitative estimate of drug-likeness (QED) is 0.616. The van der Waals surface area contributed by atoms with Gasteiger partial charge in [0.15, 0.2) is 0 Å². The number of nitrogens with one attached hydrogen (secondary N) is 1. The van der Waals surface area contributed by atoms with Crippen molar-refractivity contribution in [1.82, 2.24) is 5.32 Å². The largest absolute Gasteiger partial charge is 0.558 e. The van der Waals surface area contributed by atoms with E-state index in [1.54, 1.807) is 12.1 Å². The maximum absolute atomic E-state index is 12.3. The van der Waals surface area contributed by atoms with Crippen LogP contribution in [0.5, 0.6) is 0 Å². The molecule has 6 heteroatoms. The van der Waals surface area contributed by atoms with Crippen LogP contribution in [0.4, 0.5) is 0 Å². The van der Waals surface area contributed by atoms with Gasteiger partial charge in [0.05, 0.1) is 0 Å². The molecular formula is C16H19BNO4-. The van der Waals surface area contributed by atoms with Gasteiger partial charge in [-0.05, 0) is 29.6 Å². The topological polar surface area (TPSA) is 89.8 Å². The van der Waals surface area contributed by atoms with Crippen LogP contribution in [-0.2, 0) is 6.42 Å². The summed E-state index contributed by atoms with van der Waals surface area (Å²) in [6.45, 7) is -2.26. The van der Waals surface area contributed by atoms with Gasteiger partial charge in [0.2, 0.25) is 5.91 Å². The van der Waals surface area contributed by atoms with Gasteiger partial charge in [-0.25, -0.2) is 0 Å². The van der Waals surface area contributed by atoms with Crippen LogP contribution in [-0.4, -0.2) is 33.7 Å². The van der Waals surface area contributed by atoms with Crippen molar-refractivity contribution in [3.63, 3.8) is 0 Å². The van der Waals surface area contributed by atoms with E-state index in [1.165, 1.54) is 6.92 Å². The molecule has 0 saturated carbocycles. The van der Waals surface area contributed by atoms with Crippen LogP contribution in [0.25, 0.3) is 0 Å². The molecule has 0 radical (unpaired) electrons. The summed E-state index contributed by atoms with van der Waals surface area (Å²) < 4.78 is 0. The molecular weight excluding hydrogens is 281 g/mol. The molecule has 0 aliphatic heterocycles. The molecule has 0 bridgehead atoms. The lowest BCUT2D eigenvalue weighted by Crippen LogP contribution is -2.56. The summed E-state index contributed by atoms with van der Waals surface area (Å²) in [5.74, 6) is -1.61. The van der Waals surface area contributed by atoms with Gasteiger partial charge in [-0.2, -0.15) is 0 Å². The number of carbonyl (C=O) groups excluding carboxylic acids is 1. The van der Waals surface area contributed by atoms with Gasteiger partial charge in [0.1, 0.15) is 0 Å². The van der Waals surface area contributed by atoms with Crippen LogP contribution in [0.1, 0.15) is 28.4 Å². The molecule has 2 rings (SSSR count). The molecule has 1 atom stereocenters. The van der Waals surface area contributed by atoms with Crippen LogP contribution in [0.3, 0.4) is 0 Å². The zero-order chi connectivity index (χ0) is 16.2. The van der Waals surface area contributed by atoms with Crippen molar-refractivity contribution in [2.75, 3.05) is 0 Å². The van der Waals surface area contributed by atoms with E-state index >= 15 is 0 Å². The smallest absolute Gasteiger partial charge is 0.393 e. The summed E-state index contributed by atoms with van der Waals surface area (Å²) >= 11 is 0. The zero-order valence-electron chi connectivity index (χ0n) is 12.3. The Hall–Kier alpha value is -2.15. The summed E-state index contributed by atoms with van der Waals surface area (Å²) in [5, 5.41) is 29.8. The van der Waals surface area contributed by atoms with Crippen molar-refractivity contribution in [2.24, 2.45) is 0 Å². The molecule has 0 spiro atoms. The van der Waals surface area contributed by atoms with E-state index in [1.807, 2.05) is 42.5 Å². The zero-order valence-corrected chi connectivity index (χ0v) is 12.3. The highest BCUT2D eigenvalue weighted by atomic mass is 16.5. The second-order valence-corrected chi connectivity index (χ2v) is 5.38. The molecule has 0 heterocycles. The molecule has 116 valence electrons. The second kappa shape index (κ2) is 6.74. The van der Waals surface area contributed by atoms with Crippen LogP contribution in [0.15, 0.2) is 54.6 Å². The van der Waals surface area contributed by atoms with Crippen molar-refractivity contribution in [3.8, 4) is 0 Å². The predicted octanol–water partition coefficient (Wildman–Crippen LogP) is 0.851. The minimum absolute atomic E-state index is 0.443. The van der Waals surface area contributed by atoms with Crippen molar-refractivity contribution in [3.05, 3.63) is 71.3 Å². The van der Waals surface area contributed by atoms with Crippen molar-refractivity contribution in [1.29, 1.82) is 0 Å². The summed E-state index contributed by atoms with van der Waals surface area (Å²) in [7, 11) is 0. The molecule has 0 unspecified atom stereocenters. The summed E-state index contributed by atoms with van der Waals surface area (Å²) in [4.78, 5) is 12.3. The minimum atomic E-state index is -3.60. The molecule has 2 aromatic rings. The number of hydrogen-bond acceptors (Lipinski definition) is 4. The van der Waals surface area contributed by atoms with Gasteiger partial charge >= 0.3 is 6.75 Å². The van der Waals surface area contributed by atoms with Gasteiger partial charge in [0, 0.05) is 5.56 Å². The van der Waals surface area contributed by atoms with Crippen molar-refractivity contribution in [2.45, 2.75) is 19.3 Å². The highest BCUT2D eigenvalue weighted by Crippen LogP contribution is 2.15. The van der Waals surface area contributed by atoms with Gasteiger partial charge < -0.3 is 20.4 Å². The Kier molecular flexibility index (Phi) is 4.97. The van der Waals surface area contributed by atoms with Gasteiger partial charge in [-0.3, -0.25) is 4.79 Å². The first-order valence-corrected chi connectivity index (χ1v) is 7.12. The number of hydrogen-bond donors (Lipinski definition) is 4. The lowest BCUT2D eigenvalue weighted by molar-refractivity contribution is 0.0928. The van der Waals surface area contributed by atoms with E-state index < -0.39 is 18.6 Å². The monoisotopic (exact) mass is 300 g/mol. The minimum Gasteiger partial charge on any atom is -0.558 e. The summed E-state index contributed by atoms with van der Waals surface area (Å²) in [6.07, 6.45) is 0.590.